The van der Waals surface area contributed by atoms with Gasteiger partial charge in [0.15, 0.2) is 5.96 Å². The first kappa shape index (κ1) is 19.8. The van der Waals surface area contributed by atoms with E-state index in [9.17, 15) is 0 Å². The second kappa shape index (κ2) is 9.82. The quantitative estimate of drug-likeness (QED) is 0.593. The lowest BCUT2D eigenvalue weighted by Crippen LogP contribution is -2.41. The third-order valence-electron chi connectivity index (χ3n) is 4.39. The topological polar surface area (TPSA) is 48.9 Å². The third kappa shape index (κ3) is 5.77. The fraction of sp³-hybridized carbons (Fsp3) is 0.381. The van der Waals surface area contributed by atoms with Crippen molar-refractivity contribution in [3.8, 4) is 5.75 Å². The molecule has 0 aliphatic rings. The zero-order valence-electron chi connectivity index (χ0n) is 16.4. The van der Waals surface area contributed by atoms with Crippen LogP contribution < -0.4 is 15.4 Å². The molecule has 0 aliphatic heterocycles. The standard InChI is InChI=1S/C21H30N4O/c1-16-6-8-17(9-7-16)14-23-21(22-2)24-15-20(25(3)4)18-10-12-19(26-5)13-11-18/h6-13,20H,14-15H2,1-5H3,(H2,22,23,24). The maximum atomic E-state index is 5.25. The second-order valence-corrected chi connectivity index (χ2v) is 6.54. The number of ether oxygens (including phenoxy) is 1. The van der Waals surface area contributed by atoms with Gasteiger partial charge in [0.05, 0.1) is 13.2 Å². The first-order valence-electron chi connectivity index (χ1n) is 8.84. The van der Waals surface area contributed by atoms with Gasteiger partial charge in [-0.2, -0.15) is 0 Å². The summed E-state index contributed by atoms with van der Waals surface area (Å²) >= 11 is 0. The molecule has 2 N–H and O–H groups in total. The van der Waals surface area contributed by atoms with Gasteiger partial charge in [0.25, 0.3) is 0 Å². The first-order valence-corrected chi connectivity index (χ1v) is 8.84. The van der Waals surface area contributed by atoms with Crippen LogP contribution in [-0.4, -0.2) is 45.7 Å². The predicted octanol–water partition coefficient (Wildman–Crippen LogP) is 2.97. The molecule has 0 spiro atoms. The second-order valence-electron chi connectivity index (χ2n) is 6.54. The molecule has 5 nitrogen and oxygen atoms in total. The maximum Gasteiger partial charge on any atom is 0.191 e. The molecule has 2 aromatic rings. The molecule has 140 valence electrons. The Morgan fingerprint density at radius 1 is 1.04 bits per heavy atom. The highest BCUT2D eigenvalue weighted by molar-refractivity contribution is 5.79. The van der Waals surface area contributed by atoms with Crippen LogP contribution in [0.4, 0.5) is 0 Å². The summed E-state index contributed by atoms with van der Waals surface area (Å²) in [5.41, 5.74) is 3.74. The highest BCUT2D eigenvalue weighted by atomic mass is 16.5. The fourth-order valence-corrected chi connectivity index (χ4v) is 2.73. The number of hydrogen-bond acceptors (Lipinski definition) is 3. The first-order chi connectivity index (χ1) is 12.5. The largest absolute Gasteiger partial charge is 0.497 e. The Balaban J connectivity index is 1.94. The number of benzene rings is 2. The van der Waals surface area contributed by atoms with E-state index in [4.69, 9.17) is 4.74 Å². The molecule has 5 heteroatoms. The van der Waals surface area contributed by atoms with Gasteiger partial charge in [-0.25, -0.2) is 0 Å². The van der Waals surface area contributed by atoms with Crippen LogP contribution in [0, 0.1) is 6.92 Å². The minimum absolute atomic E-state index is 0.235. The summed E-state index contributed by atoms with van der Waals surface area (Å²) in [5.74, 6) is 1.67. The molecule has 26 heavy (non-hydrogen) atoms. The van der Waals surface area contributed by atoms with Crippen molar-refractivity contribution >= 4 is 5.96 Å². The van der Waals surface area contributed by atoms with Crippen LogP contribution in [-0.2, 0) is 6.54 Å². The van der Waals surface area contributed by atoms with Crippen molar-refractivity contribution in [1.29, 1.82) is 0 Å². The smallest absolute Gasteiger partial charge is 0.191 e. The Kier molecular flexibility index (Phi) is 7.48. The molecule has 0 saturated heterocycles. The average molecular weight is 354 g/mol. The number of likely N-dealkylation sites (N-methyl/N-ethyl adjacent to an activating group) is 1. The predicted molar refractivity (Wildman–Crippen MR) is 109 cm³/mol. The molecule has 0 fully saturated rings. The molecule has 0 radical (unpaired) electrons. The Labute approximate surface area is 157 Å². The van der Waals surface area contributed by atoms with Gasteiger partial charge in [-0.15, -0.1) is 0 Å². The molecule has 0 heterocycles. The summed E-state index contributed by atoms with van der Waals surface area (Å²) in [6.07, 6.45) is 0. The van der Waals surface area contributed by atoms with E-state index in [-0.39, 0.29) is 6.04 Å². The molecule has 1 unspecified atom stereocenters. The molecule has 0 bridgehead atoms. The normalized spacial score (nSPS) is 12.8. The minimum Gasteiger partial charge on any atom is -0.497 e. The van der Waals surface area contributed by atoms with E-state index in [0.717, 1.165) is 24.8 Å². The number of aryl methyl sites for hydroxylation is 1. The van der Waals surface area contributed by atoms with Gasteiger partial charge in [0.2, 0.25) is 0 Å². The summed E-state index contributed by atoms with van der Waals surface area (Å²) in [7, 11) is 7.64. The van der Waals surface area contributed by atoms with Crippen molar-refractivity contribution < 1.29 is 4.74 Å². The van der Waals surface area contributed by atoms with E-state index in [1.54, 1.807) is 14.2 Å². The minimum atomic E-state index is 0.235. The Bertz CT molecular complexity index is 693. The summed E-state index contributed by atoms with van der Waals surface area (Å²) < 4.78 is 5.25. The van der Waals surface area contributed by atoms with Crippen LogP contribution in [0.1, 0.15) is 22.7 Å². The summed E-state index contributed by atoms with van der Waals surface area (Å²) in [5, 5.41) is 6.80. The van der Waals surface area contributed by atoms with E-state index in [1.807, 2.05) is 12.1 Å². The Morgan fingerprint density at radius 2 is 1.69 bits per heavy atom. The number of nitrogens with zero attached hydrogens (tertiary/aromatic N) is 2. The van der Waals surface area contributed by atoms with E-state index in [1.165, 1.54) is 16.7 Å². The van der Waals surface area contributed by atoms with Crippen molar-refractivity contribution in [2.75, 3.05) is 34.8 Å². The SMILES string of the molecule is CN=C(NCc1ccc(C)cc1)NCC(c1ccc(OC)cc1)N(C)C. The molecule has 0 saturated carbocycles. The molecule has 1 atom stereocenters. The number of aliphatic imine (C=N–C) groups is 1. The van der Waals surface area contributed by atoms with Gasteiger partial charge in [-0.05, 0) is 44.3 Å². The summed E-state index contributed by atoms with van der Waals surface area (Å²) in [6.45, 7) is 3.60. The average Bonchev–Trinajstić information content (AvgIpc) is 2.66. The van der Waals surface area contributed by atoms with Gasteiger partial charge in [0.1, 0.15) is 5.75 Å². The molecule has 2 rings (SSSR count). The van der Waals surface area contributed by atoms with Crippen molar-refractivity contribution in [2.45, 2.75) is 19.5 Å². The van der Waals surface area contributed by atoms with Gasteiger partial charge in [-0.3, -0.25) is 4.99 Å². The van der Waals surface area contributed by atoms with Gasteiger partial charge in [0, 0.05) is 20.1 Å². The lowest BCUT2D eigenvalue weighted by atomic mass is 10.1. The third-order valence-corrected chi connectivity index (χ3v) is 4.39. The number of guanidine groups is 1. The molecular formula is C21H30N4O. The van der Waals surface area contributed by atoms with Gasteiger partial charge in [-0.1, -0.05) is 42.0 Å². The zero-order valence-corrected chi connectivity index (χ0v) is 16.4. The molecule has 0 aromatic heterocycles. The van der Waals surface area contributed by atoms with Gasteiger partial charge >= 0.3 is 0 Å². The Morgan fingerprint density at radius 3 is 2.23 bits per heavy atom. The maximum absolute atomic E-state index is 5.25. The number of hydrogen-bond donors (Lipinski definition) is 2. The number of rotatable bonds is 7. The van der Waals surface area contributed by atoms with Crippen LogP contribution in [0.5, 0.6) is 5.75 Å². The van der Waals surface area contributed by atoms with Gasteiger partial charge < -0.3 is 20.3 Å². The summed E-state index contributed by atoms with van der Waals surface area (Å²) in [6, 6.07) is 17.0. The van der Waals surface area contributed by atoms with Crippen LogP contribution in [0.3, 0.4) is 0 Å². The number of methoxy groups -OCH3 is 1. The van der Waals surface area contributed by atoms with Crippen LogP contribution in [0.15, 0.2) is 53.5 Å². The Hall–Kier alpha value is -2.53. The van der Waals surface area contributed by atoms with Crippen molar-refractivity contribution in [3.63, 3.8) is 0 Å². The van der Waals surface area contributed by atoms with Crippen LogP contribution >= 0.6 is 0 Å². The lowest BCUT2D eigenvalue weighted by Gasteiger charge is -2.26. The molecule has 2 aromatic carbocycles. The monoisotopic (exact) mass is 354 g/mol. The fourth-order valence-electron chi connectivity index (χ4n) is 2.73. The number of nitrogens with one attached hydrogen (secondary N) is 2. The van der Waals surface area contributed by atoms with Crippen LogP contribution in [0.2, 0.25) is 0 Å². The van der Waals surface area contributed by atoms with E-state index >= 15 is 0 Å². The lowest BCUT2D eigenvalue weighted by molar-refractivity contribution is 0.298. The molecule has 0 aliphatic carbocycles. The van der Waals surface area contributed by atoms with E-state index in [0.29, 0.717) is 0 Å². The van der Waals surface area contributed by atoms with Crippen molar-refractivity contribution in [2.24, 2.45) is 4.99 Å². The summed E-state index contributed by atoms with van der Waals surface area (Å²) in [4.78, 5) is 6.53. The van der Waals surface area contributed by atoms with E-state index < -0.39 is 0 Å². The molecule has 0 amide bonds. The van der Waals surface area contributed by atoms with E-state index in [2.05, 4.69) is 77.9 Å². The molecular weight excluding hydrogens is 324 g/mol. The highest BCUT2D eigenvalue weighted by Crippen LogP contribution is 2.20. The van der Waals surface area contributed by atoms with Crippen molar-refractivity contribution in [1.82, 2.24) is 15.5 Å². The van der Waals surface area contributed by atoms with Crippen molar-refractivity contribution in [3.05, 3.63) is 65.2 Å². The zero-order chi connectivity index (χ0) is 18.9. The highest BCUT2D eigenvalue weighted by Gasteiger charge is 2.14. The van der Waals surface area contributed by atoms with Crippen LogP contribution in [0.25, 0.3) is 0 Å².